The van der Waals surface area contributed by atoms with Gasteiger partial charge in [0.05, 0.1) is 33.2 Å². The molecule has 182 valence electrons. The SMILES string of the molecule is COc1cc(/C=C2\N=C(c3ccc([N+](=O)[O-])cc3Cl)OC2=O)cc(Cl)c1OC(=O)c1ccc(C)cc1. The van der Waals surface area contributed by atoms with Crippen LogP contribution in [-0.4, -0.2) is 29.9 Å². The number of rotatable bonds is 6. The minimum atomic E-state index is -0.760. The van der Waals surface area contributed by atoms with Crippen LogP contribution in [-0.2, 0) is 9.53 Å². The highest BCUT2D eigenvalue weighted by atomic mass is 35.5. The van der Waals surface area contributed by atoms with E-state index in [0.29, 0.717) is 11.1 Å². The van der Waals surface area contributed by atoms with Gasteiger partial charge in [-0.25, -0.2) is 14.6 Å². The fourth-order valence-electron chi connectivity index (χ4n) is 3.24. The lowest BCUT2D eigenvalue weighted by Gasteiger charge is -2.12. The molecule has 0 N–H and O–H groups in total. The maximum atomic E-state index is 12.5. The van der Waals surface area contributed by atoms with Crippen LogP contribution in [0.3, 0.4) is 0 Å². The highest BCUT2D eigenvalue weighted by molar-refractivity contribution is 6.35. The lowest BCUT2D eigenvalue weighted by atomic mass is 10.1. The van der Waals surface area contributed by atoms with Gasteiger partial charge in [0.15, 0.2) is 17.2 Å². The number of aliphatic imine (C=N–C) groups is 1. The Bertz CT molecular complexity index is 1460. The summed E-state index contributed by atoms with van der Waals surface area (Å²) in [6.07, 6.45) is 1.40. The van der Waals surface area contributed by atoms with Crippen molar-refractivity contribution in [2.45, 2.75) is 6.92 Å². The van der Waals surface area contributed by atoms with Crippen molar-refractivity contribution in [3.63, 3.8) is 0 Å². The molecule has 0 unspecified atom stereocenters. The lowest BCUT2D eigenvalue weighted by molar-refractivity contribution is -0.384. The Morgan fingerprint density at radius 2 is 1.81 bits per heavy atom. The maximum absolute atomic E-state index is 12.5. The number of halogens is 2. The number of carbonyl (C=O) groups is 2. The standard InChI is InChI=1S/C25H16Cl2N2O7/c1-13-3-5-15(6-4-13)24(30)35-22-19(27)9-14(11-21(22)34-2)10-20-25(31)36-23(28-20)17-8-7-16(29(32)33)12-18(17)26/h3-12H,1-2H3/b20-10-. The summed E-state index contributed by atoms with van der Waals surface area (Å²) in [5.41, 5.74) is 1.68. The van der Waals surface area contributed by atoms with E-state index in [9.17, 15) is 19.7 Å². The van der Waals surface area contributed by atoms with Crippen molar-refractivity contribution in [2.75, 3.05) is 7.11 Å². The molecule has 0 aliphatic carbocycles. The Morgan fingerprint density at radius 3 is 2.44 bits per heavy atom. The molecule has 4 rings (SSSR count). The van der Waals surface area contributed by atoms with Crippen LogP contribution >= 0.6 is 23.2 Å². The number of carbonyl (C=O) groups excluding carboxylic acids is 2. The number of nitrogens with zero attached hydrogens (tertiary/aromatic N) is 2. The Labute approximate surface area is 214 Å². The van der Waals surface area contributed by atoms with Gasteiger partial charge in [-0.15, -0.1) is 0 Å². The van der Waals surface area contributed by atoms with E-state index in [1.54, 1.807) is 24.3 Å². The number of esters is 2. The van der Waals surface area contributed by atoms with Crippen molar-refractivity contribution >= 4 is 52.8 Å². The fourth-order valence-corrected chi connectivity index (χ4v) is 3.75. The topological polar surface area (TPSA) is 117 Å². The van der Waals surface area contributed by atoms with Crippen molar-refractivity contribution in [1.82, 2.24) is 0 Å². The molecule has 36 heavy (non-hydrogen) atoms. The van der Waals surface area contributed by atoms with E-state index in [-0.39, 0.29) is 44.4 Å². The zero-order valence-corrected chi connectivity index (χ0v) is 20.3. The number of ether oxygens (including phenoxy) is 3. The molecule has 11 heteroatoms. The zero-order chi connectivity index (χ0) is 26.0. The van der Waals surface area contributed by atoms with Crippen LogP contribution in [0, 0.1) is 17.0 Å². The van der Waals surface area contributed by atoms with E-state index in [0.717, 1.165) is 11.6 Å². The van der Waals surface area contributed by atoms with Gasteiger partial charge in [0.2, 0.25) is 5.90 Å². The smallest absolute Gasteiger partial charge is 0.363 e. The molecular formula is C25H16Cl2N2O7. The summed E-state index contributed by atoms with van der Waals surface area (Å²) in [6.45, 7) is 1.90. The van der Waals surface area contributed by atoms with E-state index in [1.165, 1.54) is 37.5 Å². The largest absolute Gasteiger partial charge is 0.493 e. The second-order valence-electron chi connectivity index (χ2n) is 7.55. The van der Waals surface area contributed by atoms with E-state index in [1.807, 2.05) is 6.92 Å². The summed E-state index contributed by atoms with van der Waals surface area (Å²) in [4.78, 5) is 39.4. The molecule has 3 aromatic rings. The lowest BCUT2D eigenvalue weighted by Crippen LogP contribution is -2.09. The van der Waals surface area contributed by atoms with Crippen LogP contribution in [0.1, 0.15) is 27.0 Å². The van der Waals surface area contributed by atoms with Gasteiger partial charge in [-0.2, -0.15) is 0 Å². The Kier molecular flexibility index (Phi) is 7.05. The van der Waals surface area contributed by atoms with E-state index < -0.39 is 16.9 Å². The molecule has 9 nitrogen and oxygen atoms in total. The minimum absolute atomic E-state index is 0.00135. The molecule has 0 bridgehead atoms. The molecule has 0 atom stereocenters. The van der Waals surface area contributed by atoms with Crippen LogP contribution in [0.4, 0.5) is 5.69 Å². The van der Waals surface area contributed by atoms with E-state index in [2.05, 4.69) is 4.99 Å². The van der Waals surface area contributed by atoms with Crippen LogP contribution in [0.5, 0.6) is 11.5 Å². The molecule has 0 saturated carbocycles. The molecule has 0 amide bonds. The predicted octanol–water partition coefficient (Wildman–Crippen LogP) is 5.78. The number of hydrogen-bond donors (Lipinski definition) is 0. The van der Waals surface area contributed by atoms with Crippen molar-refractivity contribution < 1.29 is 28.7 Å². The highest BCUT2D eigenvalue weighted by Gasteiger charge is 2.27. The Balaban J connectivity index is 1.62. The van der Waals surface area contributed by atoms with Gasteiger partial charge in [-0.1, -0.05) is 40.9 Å². The Hall–Kier alpha value is -4.21. The normalized spacial score (nSPS) is 13.8. The number of benzene rings is 3. The van der Waals surface area contributed by atoms with Gasteiger partial charge in [-0.05, 0) is 48.9 Å². The van der Waals surface area contributed by atoms with Crippen molar-refractivity contribution in [3.8, 4) is 11.5 Å². The molecule has 3 aromatic carbocycles. The summed E-state index contributed by atoms with van der Waals surface area (Å²) in [5.74, 6) is -1.31. The second-order valence-corrected chi connectivity index (χ2v) is 8.36. The highest BCUT2D eigenvalue weighted by Crippen LogP contribution is 2.38. The first kappa shape index (κ1) is 24.9. The molecule has 1 aliphatic rings. The third-order valence-electron chi connectivity index (χ3n) is 5.05. The average molecular weight is 527 g/mol. The number of cyclic esters (lactones) is 1. The summed E-state index contributed by atoms with van der Waals surface area (Å²) in [5, 5.41) is 11.0. The summed E-state index contributed by atoms with van der Waals surface area (Å²) in [6, 6.07) is 13.5. The van der Waals surface area contributed by atoms with Gasteiger partial charge in [0.25, 0.3) is 5.69 Å². The third-order valence-corrected chi connectivity index (χ3v) is 5.65. The first-order chi connectivity index (χ1) is 17.2. The third kappa shape index (κ3) is 5.22. The number of hydrogen-bond acceptors (Lipinski definition) is 8. The first-order valence-corrected chi connectivity index (χ1v) is 11.0. The van der Waals surface area contributed by atoms with Crippen molar-refractivity contribution in [1.29, 1.82) is 0 Å². The quantitative estimate of drug-likeness (QED) is 0.131. The molecule has 0 aromatic heterocycles. The maximum Gasteiger partial charge on any atom is 0.363 e. The average Bonchev–Trinajstić information content (AvgIpc) is 3.20. The Morgan fingerprint density at radius 1 is 1.08 bits per heavy atom. The van der Waals surface area contributed by atoms with E-state index >= 15 is 0 Å². The number of nitro benzene ring substituents is 1. The molecule has 1 heterocycles. The molecule has 0 saturated heterocycles. The number of aryl methyl sites for hydroxylation is 1. The molecule has 1 aliphatic heterocycles. The van der Waals surface area contributed by atoms with Gasteiger partial charge in [0, 0.05) is 12.1 Å². The zero-order valence-electron chi connectivity index (χ0n) is 18.8. The van der Waals surface area contributed by atoms with Crippen LogP contribution in [0.2, 0.25) is 10.0 Å². The fraction of sp³-hybridized carbons (Fsp3) is 0.0800. The molecule has 0 spiro atoms. The van der Waals surface area contributed by atoms with Crippen LogP contribution in [0.25, 0.3) is 6.08 Å². The van der Waals surface area contributed by atoms with Crippen LogP contribution < -0.4 is 9.47 Å². The molecule has 0 fully saturated rings. The van der Waals surface area contributed by atoms with Crippen molar-refractivity contribution in [2.24, 2.45) is 4.99 Å². The van der Waals surface area contributed by atoms with Crippen molar-refractivity contribution in [3.05, 3.63) is 103 Å². The predicted molar refractivity (Wildman–Crippen MR) is 133 cm³/mol. The monoisotopic (exact) mass is 526 g/mol. The minimum Gasteiger partial charge on any atom is -0.493 e. The molecular weight excluding hydrogens is 511 g/mol. The van der Waals surface area contributed by atoms with Gasteiger partial charge < -0.3 is 14.2 Å². The summed E-state index contributed by atoms with van der Waals surface area (Å²) < 4.78 is 16.0. The van der Waals surface area contributed by atoms with E-state index in [4.69, 9.17) is 37.4 Å². The summed E-state index contributed by atoms with van der Waals surface area (Å²) in [7, 11) is 1.38. The molecule has 0 radical (unpaired) electrons. The first-order valence-electron chi connectivity index (χ1n) is 10.3. The summed E-state index contributed by atoms with van der Waals surface area (Å²) >= 11 is 12.5. The van der Waals surface area contributed by atoms with Gasteiger partial charge in [0.1, 0.15) is 0 Å². The number of methoxy groups -OCH3 is 1. The second kappa shape index (κ2) is 10.2. The van der Waals surface area contributed by atoms with Gasteiger partial charge >= 0.3 is 11.9 Å². The number of non-ortho nitro benzene ring substituents is 1. The number of nitro groups is 1. The van der Waals surface area contributed by atoms with Crippen LogP contribution in [0.15, 0.2) is 65.3 Å². The van der Waals surface area contributed by atoms with Gasteiger partial charge in [-0.3, -0.25) is 10.1 Å².